The van der Waals surface area contributed by atoms with Gasteiger partial charge in [-0.1, -0.05) is 0 Å². The second-order valence-electron chi connectivity index (χ2n) is 6.29. The summed E-state index contributed by atoms with van der Waals surface area (Å²) in [6.07, 6.45) is 4.90. The molecule has 2 fully saturated rings. The van der Waals surface area contributed by atoms with Crippen LogP contribution in [0.3, 0.4) is 0 Å². The van der Waals surface area contributed by atoms with Crippen molar-refractivity contribution in [3.05, 3.63) is 0 Å². The molecule has 0 saturated carbocycles. The normalized spacial score (nSPS) is 20.5. The van der Waals surface area contributed by atoms with Gasteiger partial charge in [-0.3, -0.25) is 9.59 Å². The fourth-order valence-corrected chi connectivity index (χ4v) is 3.21. The summed E-state index contributed by atoms with van der Waals surface area (Å²) in [4.78, 5) is 27.9. The van der Waals surface area contributed by atoms with Gasteiger partial charge in [-0.2, -0.15) is 0 Å². The van der Waals surface area contributed by atoms with Crippen molar-refractivity contribution in [2.75, 3.05) is 53.0 Å². The minimum atomic E-state index is 0.170. The molecular formula is C16H29N3O3. The van der Waals surface area contributed by atoms with Crippen molar-refractivity contribution in [2.45, 2.75) is 32.1 Å². The number of amides is 2. The third kappa shape index (κ3) is 5.25. The summed E-state index contributed by atoms with van der Waals surface area (Å²) in [6.45, 7) is 5.15. The van der Waals surface area contributed by atoms with Crippen LogP contribution in [-0.2, 0) is 14.3 Å². The molecule has 2 aliphatic rings. The smallest absolute Gasteiger partial charge is 0.236 e. The van der Waals surface area contributed by atoms with Crippen LogP contribution >= 0.6 is 0 Å². The highest BCUT2D eigenvalue weighted by Crippen LogP contribution is 2.21. The van der Waals surface area contributed by atoms with Crippen LogP contribution in [0.25, 0.3) is 0 Å². The zero-order valence-corrected chi connectivity index (χ0v) is 13.7. The molecule has 6 heteroatoms. The largest absolute Gasteiger partial charge is 0.383 e. The third-order valence-electron chi connectivity index (χ3n) is 4.63. The number of carbonyl (C=O) groups excluding carboxylic acids is 2. The van der Waals surface area contributed by atoms with Gasteiger partial charge in [0.05, 0.1) is 13.2 Å². The van der Waals surface area contributed by atoms with E-state index in [-0.39, 0.29) is 5.91 Å². The lowest BCUT2D eigenvalue weighted by atomic mass is 9.95. The summed E-state index contributed by atoms with van der Waals surface area (Å²) in [6, 6.07) is 0. The maximum absolute atomic E-state index is 12.1. The fourth-order valence-electron chi connectivity index (χ4n) is 3.21. The third-order valence-corrected chi connectivity index (χ3v) is 4.63. The second-order valence-corrected chi connectivity index (χ2v) is 6.29. The van der Waals surface area contributed by atoms with E-state index in [1.54, 1.807) is 7.11 Å². The summed E-state index contributed by atoms with van der Waals surface area (Å²) >= 11 is 0. The molecule has 126 valence electrons. The van der Waals surface area contributed by atoms with Crippen LogP contribution in [-0.4, -0.2) is 74.6 Å². The van der Waals surface area contributed by atoms with E-state index in [2.05, 4.69) is 5.32 Å². The first-order chi connectivity index (χ1) is 10.7. The van der Waals surface area contributed by atoms with Crippen LogP contribution < -0.4 is 5.32 Å². The number of ether oxygens (including phenoxy) is 1. The first-order valence-corrected chi connectivity index (χ1v) is 8.46. The molecule has 0 aromatic heterocycles. The van der Waals surface area contributed by atoms with Gasteiger partial charge in [0.1, 0.15) is 0 Å². The molecular weight excluding hydrogens is 282 g/mol. The van der Waals surface area contributed by atoms with Gasteiger partial charge in [-0.25, -0.2) is 0 Å². The van der Waals surface area contributed by atoms with Crippen molar-refractivity contribution in [3.8, 4) is 0 Å². The van der Waals surface area contributed by atoms with Gasteiger partial charge in [0.15, 0.2) is 0 Å². The highest BCUT2D eigenvalue weighted by Gasteiger charge is 2.26. The number of nitrogens with zero attached hydrogens (tertiary/aromatic N) is 2. The number of methoxy groups -OCH3 is 1. The molecule has 0 bridgehead atoms. The average molecular weight is 311 g/mol. The Bertz CT molecular complexity index is 368. The van der Waals surface area contributed by atoms with Crippen molar-refractivity contribution in [2.24, 2.45) is 5.92 Å². The molecule has 2 saturated heterocycles. The fraction of sp³-hybridized carbons (Fsp3) is 0.875. The van der Waals surface area contributed by atoms with E-state index in [1.165, 1.54) is 0 Å². The SMILES string of the molecule is COCCNCC(=O)N1CCC(CN2CCCCC2=O)CC1. The van der Waals surface area contributed by atoms with E-state index in [4.69, 9.17) is 4.74 Å². The summed E-state index contributed by atoms with van der Waals surface area (Å²) < 4.78 is 4.94. The van der Waals surface area contributed by atoms with Crippen molar-refractivity contribution < 1.29 is 14.3 Å². The highest BCUT2D eigenvalue weighted by atomic mass is 16.5. The van der Waals surface area contributed by atoms with Gasteiger partial charge in [0.2, 0.25) is 11.8 Å². The van der Waals surface area contributed by atoms with Crippen molar-refractivity contribution in [1.82, 2.24) is 15.1 Å². The standard InChI is InChI=1S/C16H29N3O3/c1-22-11-7-17-12-16(21)18-9-5-14(6-10-18)13-19-8-3-2-4-15(19)20/h14,17H,2-13H2,1H3. The maximum Gasteiger partial charge on any atom is 0.236 e. The molecule has 2 amide bonds. The quantitative estimate of drug-likeness (QED) is 0.695. The number of likely N-dealkylation sites (tertiary alicyclic amines) is 2. The lowest BCUT2D eigenvalue weighted by Crippen LogP contribution is -2.46. The van der Waals surface area contributed by atoms with Crippen LogP contribution in [0.2, 0.25) is 0 Å². The summed E-state index contributed by atoms with van der Waals surface area (Å²) in [7, 11) is 1.65. The minimum Gasteiger partial charge on any atom is -0.383 e. The first-order valence-electron chi connectivity index (χ1n) is 8.46. The molecule has 0 atom stereocenters. The molecule has 0 radical (unpaired) electrons. The van der Waals surface area contributed by atoms with E-state index < -0.39 is 0 Å². The predicted molar refractivity (Wildman–Crippen MR) is 84.5 cm³/mol. The van der Waals surface area contributed by atoms with Crippen LogP contribution in [0.5, 0.6) is 0 Å². The van der Waals surface area contributed by atoms with E-state index in [0.717, 1.165) is 51.9 Å². The highest BCUT2D eigenvalue weighted by molar-refractivity contribution is 5.78. The Morgan fingerprint density at radius 1 is 1.27 bits per heavy atom. The topological polar surface area (TPSA) is 61.9 Å². The van der Waals surface area contributed by atoms with Gasteiger partial charge in [0, 0.05) is 46.3 Å². The molecule has 6 nitrogen and oxygen atoms in total. The maximum atomic E-state index is 12.1. The Morgan fingerprint density at radius 2 is 2.05 bits per heavy atom. The predicted octanol–water partition coefficient (Wildman–Crippen LogP) is 0.474. The monoisotopic (exact) mass is 311 g/mol. The van der Waals surface area contributed by atoms with Gasteiger partial charge >= 0.3 is 0 Å². The van der Waals surface area contributed by atoms with Gasteiger partial charge < -0.3 is 19.9 Å². The van der Waals surface area contributed by atoms with Gasteiger partial charge in [-0.15, -0.1) is 0 Å². The number of nitrogens with one attached hydrogen (secondary N) is 1. The van der Waals surface area contributed by atoms with Crippen molar-refractivity contribution in [3.63, 3.8) is 0 Å². The van der Waals surface area contributed by atoms with E-state index in [9.17, 15) is 9.59 Å². The number of hydrogen-bond donors (Lipinski definition) is 1. The molecule has 2 heterocycles. The molecule has 0 aromatic rings. The molecule has 1 N–H and O–H groups in total. The summed E-state index contributed by atoms with van der Waals surface area (Å²) in [5, 5.41) is 3.10. The molecule has 0 aromatic carbocycles. The minimum absolute atomic E-state index is 0.170. The molecule has 0 unspecified atom stereocenters. The lowest BCUT2D eigenvalue weighted by molar-refractivity contribution is -0.136. The molecule has 22 heavy (non-hydrogen) atoms. The Kier molecular flexibility index (Phi) is 7.12. The zero-order valence-electron chi connectivity index (χ0n) is 13.7. The first kappa shape index (κ1) is 17.2. The zero-order chi connectivity index (χ0) is 15.8. The Labute approximate surface area is 133 Å². The number of carbonyl (C=O) groups is 2. The Balaban J connectivity index is 1.64. The van der Waals surface area contributed by atoms with Crippen LogP contribution in [0.1, 0.15) is 32.1 Å². The van der Waals surface area contributed by atoms with Crippen molar-refractivity contribution >= 4 is 11.8 Å². The van der Waals surface area contributed by atoms with Gasteiger partial charge in [-0.05, 0) is 31.6 Å². The number of hydrogen-bond acceptors (Lipinski definition) is 4. The molecule has 2 aliphatic heterocycles. The molecule has 0 spiro atoms. The molecule has 0 aliphatic carbocycles. The summed E-state index contributed by atoms with van der Waals surface area (Å²) in [5.41, 5.74) is 0. The van der Waals surface area contributed by atoms with E-state index in [0.29, 0.717) is 37.9 Å². The molecule has 2 rings (SSSR count). The average Bonchev–Trinajstić information content (AvgIpc) is 2.54. The van der Waals surface area contributed by atoms with Crippen LogP contribution in [0.15, 0.2) is 0 Å². The number of piperidine rings is 2. The second kappa shape index (κ2) is 9.10. The van der Waals surface area contributed by atoms with Crippen LogP contribution in [0.4, 0.5) is 0 Å². The van der Waals surface area contributed by atoms with Crippen LogP contribution in [0, 0.1) is 5.92 Å². The number of rotatable bonds is 7. The Morgan fingerprint density at radius 3 is 2.73 bits per heavy atom. The summed E-state index contributed by atoms with van der Waals surface area (Å²) in [5.74, 6) is 1.03. The van der Waals surface area contributed by atoms with E-state index in [1.807, 2.05) is 9.80 Å². The van der Waals surface area contributed by atoms with E-state index >= 15 is 0 Å². The Hall–Kier alpha value is -1.14. The van der Waals surface area contributed by atoms with Gasteiger partial charge in [0.25, 0.3) is 0 Å². The lowest BCUT2D eigenvalue weighted by Gasteiger charge is -2.36. The van der Waals surface area contributed by atoms with Crippen molar-refractivity contribution in [1.29, 1.82) is 0 Å².